The van der Waals surface area contributed by atoms with Crippen LogP contribution in [0.15, 0.2) is 0 Å². The van der Waals surface area contributed by atoms with E-state index >= 15 is 0 Å². The fraction of sp³-hybridized carbons (Fsp3) is 0.941. The van der Waals surface area contributed by atoms with E-state index in [1.54, 1.807) is 0 Å². The molecule has 1 aliphatic carbocycles. The second kappa shape index (κ2) is 6.93. The molecular formula is C17H32N2O. The summed E-state index contributed by atoms with van der Waals surface area (Å²) in [5.74, 6) is 1.20. The molecule has 1 atom stereocenters. The molecule has 0 aromatic heterocycles. The lowest BCUT2D eigenvalue weighted by atomic mass is 9.98. The van der Waals surface area contributed by atoms with Crippen molar-refractivity contribution in [1.82, 2.24) is 10.2 Å². The Morgan fingerprint density at radius 3 is 2.50 bits per heavy atom. The monoisotopic (exact) mass is 280 g/mol. The first-order chi connectivity index (χ1) is 9.55. The van der Waals surface area contributed by atoms with E-state index < -0.39 is 0 Å². The lowest BCUT2D eigenvalue weighted by molar-refractivity contribution is -0.133. The van der Waals surface area contributed by atoms with Crippen LogP contribution in [-0.4, -0.2) is 29.1 Å². The number of unbranched alkanes of at least 4 members (excludes halogenated alkanes) is 3. The Bertz CT molecular complexity index is 321. The van der Waals surface area contributed by atoms with Crippen molar-refractivity contribution in [3.63, 3.8) is 0 Å². The molecule has 1 unspecified atom stereocenters. The van der Waals surface area contributed by atoms with Crippen molar-refractivity contribution in [2.75, 3.05) is 6.54 Å². The van der Waals surface area contributed by atoms with Gasteiger partial charge in [0, 0.05) is 6.54 Å². The van der Waals surface area contributed by atoms with Crippen molar-refractivity contribution in [3.05, 3.63) is 0 Å². The number of nitrogens with one attached hydrogen (secondary N) is 1. The quantitative estimate of drug-likeness (QED) is 0.721. The maximum atomic E-state index is 12.6. The molecule has 0 aromatic carbocycles. The van der Waals surface area contributed by atoms with Crippen molar-refractivity contribution in [1.29, 1.82) is 0 Å². The zero-order valence-electron chi connectivity index (χ0n) is 13.6. The highest BCUT2D eigenvalue weighted by atomic mass is 16.2. The smallest absolute Gasteiger partial charge is 0.244 e. The third kappa shape index (κ3) is 3.55. The van der Waals surface area contributed by atoms with E-state index in [4.69, 9.17) is 0 Å². The average Bonchev–Trinajstić information content (AvgIpc) is 2.94. The van der Waals surface area contributed by atoms with Crippen LogP contribution in [0.2, 0.25) is 0 Å². The zero-order valence-corrected chi connectivity index (χ0v) is 13.6. The number of carbonyl (C=O) groups excluding carboxylic acids is 1. The number of hydrogen-bond acceptors (Lipinski definition) is 2. The minimum Gasteiger partial charge on any atom is -0.326 e. The van der Waals surface area contributed by atoms with Gasteiger partial charge in [0.05, 0.1) is 11.7 Å². The molecule has 1 heterocycles. The van der Waals surface area contributed by atoms with Crippen LogP contribution >= 0.6 is 0 Å². The number of nitrogens with zero attached hydrogens (tertiary/aromatic N) is 1. The predicted octanol–water partition coefficient (Wildman–Crippen LogP) is 3.68. The Kier molecular flexibility index (Phi) is 5.48. The topological polar surface area (TPSA) is 32.3 Å². The summed E-state index contributed by atoms with van der Waals surface area (Å²) in [5, 5.41) is 3.57. The van der Waals surface area contributed by atoms with E-state index in [0.29, 0.717) is 5.91 Å². The van der Waals surface area contributed by atoms with Crippen LogP contribution in [0.3, 0.4) is 0 Å². The minimum atomic E-state index is -0.183. The zero-order chi connectivity index (χ0) is 14.6. The van der Waals surface area contributed by atoms with Gasteiger partial charge in [-0.3, -0.25) is 10.1 Å². The fourth-order valence-electron chi connectivity index (χ4n) is 3.81. The molecule has 116 valence electrons. The molecule has 20 heavy (non-hydrogen) atoms. The van der Waals surface area contributed by atoms with Crippen LogP contribution in [0.25, 0.3) is 0 Å². The van der Waals surface area contributed by atoms with Gasteiger partial charge in [0.1, 0.15) is 0 Å². The molecule has 1 aliphatic heterocycles. The average molecular weight is 280 g/mol. The van der Waals surface area contributed by atoms with Crippen molar-refractivity contribution < 1.29 is 4.79 Å². The van der Waals surface area contributed by atoms with Crippen LogP contribution in [-0.2, 0) is 4.79 Å². The van der Waals surface area contributed by atoms with E-state index in [-0.39, 0.29) is 11.7 Å². The Hall–Kier alpha value is -0.570. The second-order valence-electron chi connectivity index (χ2n) is 7.20. The maximum absolute atomic E-state index is 12.6. The van der Waals surface area contributed by atoms with Gasteiger partial charge in [-0.15, -0.1) is 0 Å². The normalized spacial score (nSPS) is 25.3. The molecule has 2 aliphatic rings. The lowest BCUT2D eigenvalue weighted by Crippen LogP contribution is -2.44. The van der Waals surface area contributed by atoms with E-state index in [0.717, 1.165) is 31.7 Å². The molecule has 2 rings (SSSR count). The fourth-order valence-corrected chi connectivity index (χ4v) is 3.81. The largest absolute Gasteiger partial charge is 0.326 e. The number of rotatable bonds is 7. The predicted molar refractivity (Wildman–Crippen MR) is 83.4 cm³/mol. The van der Waals surface area contributed by atoms with Gasteiger partial charge < -0.3 is 4.90 Å². The molecule has 1 amide bonds. The highest BCUT2D eigenvalue weighted by molar-refractivity contribution is 5.89. The molecule has 1 saturated carbocycles. The van der Waals surface area contributed by atoms with Gasteiger partial charge >= 0.3 is 0 Å². The van der Waals surface area contributed by atoms with E-state index in [9.17, 15) is 4.79 Å². The van der Waals surface area contributed by atoms with E-state index in [2.05, 4.69) is 31.0 Å². The number of carbonyl (C=O) groups is 1. The second-order valence-corrected chi connectivity index (χ2v) is 7.20. The molecule has 3 nitrogen and oxygen atoms in total. The molecule has 0 radical (unpaired) electrons. The minimum absolute atomic E-state index is 0.183. The van der Waals surface area contributed by atoms with Crippen molar-refractivity contribution in [2.45, 2.75) is 90.3 Å². The summed E-state index contributed by atoms with van der Waals surface area (Å²) >= 11 is 0. The molecular weight excluding hydrogens is 248 g/mol. The Labute approximate surface area is 124 Å². The van der Waals surface area contributed by atoms with Gasteiger partial charge in [0.15, 0.2) is 0 Å². The summed E-state index contributed by atoms with van der Waals surface area (Å²) in [6.45, 7) is 7.66. The van der Waals surface area contributed by atoms with Crippen LogP contribution in [0.4, 0.5) is 0 Å². The maximum Gasteiger partial charge on any atom is 0.244 e. The number of hydrogen-bond donors (Lipinski definition) is 1. The van der Waals surface area contributed by atoms with Crippen LogP contribution < -0.4 is 5.32 Å². The molecule has 0 aromatic rings. The van der Waals surface area contributed by atoms with Gasteiger partial charge in [-0.25, -0.2) is 0 Å². The molecule has 1 saturated heterocycles. The number of amides is 1. The van der Waals surface area contributed by atoms with E-state index in [1.807, 2.05) is 0 Å². The summed E-state index contributed by atoms with van der Waals surface area (Å²) in [5.41, 5.74) is -0.183. The van der Waals surface area contributed by atoms with Gasteiger partial charge in [0.2, 0.25) is 5.91 Å². The first kappa shape index (κ1) is 15.8. The molecule has 1 spiro atoms. The molecule has 2 fully saturated rings. The first-order valence-corrected chi connectivity index (χ1v) is 8.64. The third-order valence-electron chi connectivity index (χ3n) is 5.01. The van der Waals surface area contributed by atoms with Gasteiger partial charge in [-0.1, -0.05) is 52.4 Å². The van der Waals surface area contributed by atoms with Crippen LogP contribution in [0.1, 0.15) is 78.6 Å². The van der Waals surface area contributed by atoms with Crippen molar-refractivity contribution >= 4 is 5.91 Å². The SMILES string of the molecule is CC(C)CCCCCCN1C(=O)C2(CCCC2)NC1C. The summed E-state index contributed by atoms with van der Waals surface area (Å²) in [4.78, 5) is 14.7. The third-order valence-corrected chi connectivity index (χ3v) is 5.01. The van der Waals surface area contributed by atoms with Crippen molar-refractivity contribution in [2.24, 2.45) is 5.92 Å². The molecule has 1 N–H and O–H groups in total. The Morgan fingerprint density at radius 2 is 1.85 bits per heavy atom. The summed E-state index contributed by atoms with van der Waals surface area (Å²) in [6, 6.07) is 0. The van der Waals surface area contributed by atoms with Crippen LogP contribution in [0, 0.1) is 5.92 Å². The Morgan fingerprint density at radius 1 is 1.20 bits per heavy atom. The lowest BCUT2D eigenvalue weighted by Gasteiger charge is -2.22. The highest BCUT2D eigenvalue weighted by Gasteiger charge is 2.50. The summed E-state index contributed by atoms with van der Waals surface area (Å²) in [6.07, 6.45) is 11.1. The standard InChI is InChI=1S/C17H32N2O/c1-14(2)10-6-4-5-9-13-19-15(3)18-17(16(19)20)11-7-8-12-17/h14-15,18H,4-13H2,1-3H3. The summed E-state index contributed by atoms with van der Waals surface area (Å²) in [7, 11) is 0. The van der Waals surface area contributed by atoms with Crippen LogP contribution in [0.5, 0.6) is 0 Å². The summed E-state index contributed by atoms with van der Waals surface area (Å²) < 4.78 is 0. The molecule has 0 bridgehead atoms. The molecule has 3 heteroatoms. The highest BCUT2D eigenvalue weighted by Crippen LogP contribution is 2.36. The first-order valence-electron chi connectivity index (χ1n) is 8.64. The van der Waals surface area contributed by atoms with Gasteiger partial charge in [0.25, 0.3) is 0 Å². The van der Waals surface area contributed by atoms with Gasteiger partial charge in [-0.2, -0.15) is 0 Å². The Balaban J connectivity index is 1.69. The van der Waals surface area contributed by atoms with Crippen molar-refractivity contribution in [3.8, 4) is 0 Å². The van der Waals surface area contributed by atoms with E-state index in [1.165, 1.54) is 38.5 Å². The van der Waals surface area contributed by atoms with Gasteiger partial charge in [-0.05, 0) is 32.1 Å².